The molecule has 2 atom stereocenters. The van der Waals surface area contributed by atoms with Crippen molar-refractivity contribution in [2.24, 2.45) is 11.3 Å². The highest BCUT2D eigenvalue weighted by Gasteiger charge is 2.52. The number of para-hydroxylation sites is 2. The van der Waals surface area contributed by atoms with Crippen LogP contribution in [0.4, 0.5) is 0 Å². The zero-order valence-electron chi connectivity index (χ0n) is 13.9. The number of carbonyl (C=O) groups excluding carboxylic acids is 2. The molecule has 1 aliphatic heterocycles. The molecular formula is C20H20N2O3. The molecule has 2 aliphatic rings. The molecule has 2 aromatic rings. The van der Waals surface area contributed by atoms with E-state index >= 15 is 0 Å². The Hall–Kier alpha value is -2.69. The predicted octanol–water partition coefficient (Wildman–Crippen LogP) is 3.32. The van der Waals surface area contributed by atoms with Gasteiger partial charge in [-0.2, -0.15) is 0 Å². The number of nitrogens with one attached hydrogen (secondary N) is 1. The van der Waals surface area contributed by atoms with Crippen molar-refractivity contribution in [2.75, 3.05) is 0 Å². The topological polar surface area (TPSA) is 72.2 Å². The number of carbonyl (C=O) groups is 2. The third-order valence-corrected chi connectivity index (χ3v) is 5.12. The van der Waals surface area contributed by atoms with Gasteiger partial charge in [-0.05, 0) is 25.0 Å². The maximum Gasteiger partial charge on any atom is 0.237 e. The van der Waals surface area contributed by atoms with Crippen molar-refractivity contribution in [3.05, 3.63) is 54.5 Å². The van der Waals surface area contributed by atoms with Crippen molar-refractivity contribution in [2.45, 2.75) is 32.1 Å². The summed E-state index contributed by atoms with van der Waals surface area (Å²) in [5.41, 5.74) is 1.02. The van der Waals surface area contributed by atoms with Gasteiger partial charge >= 0.3 is 0 Å². The van der Waals surface area contributed by atoms with Gasteiger partial charge in [0.15, 0.2) is 11.5 Å². The number of allylic oxidation sites excluding steroid dienone is 2. The molecule has 2 amide bonds. The molecule has 2 heterocycles. The first-order chi connectivity index (χ1) is 12.2. The molecule has 1 N–H and O–H groups in total. The minimum Gasteiger partial charge on any atom is -0.441 e. The molecule has 4 rings (SSSR count). The van der Waals surface area contributed by atoms with Crippen LogP contribution in [0.2, 0.25) is 0 Å². The summed E-state index contributed by atoms with van der Waals surface area (Å²) in [5.74, 6) is 0.0488. The van der Waals surface area contributed by atoms with E-state index in [1.807, 2.05) is 48.6 Å². The zero-order valence-corrected chi connectivity index (χ0v) is 13.9. The third kappa shape index (κ3) is 2.80. The highest BCUT2D eigenvalue weighted by Crippen LogP contribution is 2.42. The minimum absolute atomic E-state index is 0.165. The lowest BCUT2D eigenvalue weighted by atomic mass is 9.71. The molecule has 1 saturated heterocycles. The number of oxazole rings is 1. The summed E-state index contributed by atoms with van der Waals surface area (Å²) in [7, 11) is 0. The highest BCUT2D eigenvalue weighted by atomic mass is 16.3. The molecule has 1 aliphatic carbocycles. The van der Waals surface area contributed by atoms with Crippen LogP contribution in [0.5, 0.6) is 0 Å². The average Bonchev–Trinajstić information content (AvgIpc) is 3.14. The summed E-state index contributed by atoms with van der Waals surface area (Å²) in [5, 5.41) is 2.48. The Bertz CT molecular complexity index is 847. The maximum absolute atomic E-state index is 12.3. The van der Waals surface area contributed by atoms with Crippen LogP contribution in [-0.2, 0) is 16.0 Å². The Morgan fingerprint density at radius 2 is 2.00 bits per heavy atom. The summed E-state index contributed by atoms with van der Waals surface area (Å²) < 4.78 is 5.72. The average molecular weight is 336 g/mol. The summed E-state index contributed by atoms with van der Waals surface area (Å²) in [4.78, 5) is 28.7. The van der Waals surface area contributed by atoms with E-state index in [4.69, 9.17) is 4.42 Å². The van der Waals surface area contributed by atoms with Gasteiger partial charge in [0.05, 0.1) is 11.3 Å². The first-order valence-electron chi connectivity index (χ1n) is 8.75. The van der Waals surface area contributed by atoms with Crippen LogP contribution in [-0.4, -0.2) is 16.8 Å². The molecule has 1 aromatic carbocycles. The van der Waals surface area contributed by atoms with E-state index in [1.165, 1.54) is 0 Å². The predicted molar refractivity (Wildman–Crippen MR) is 93.5 cm³/mol. The molecule has 2 unspecified atom stereocenters. The normalized spacial score (nSPS) is 24.7. The molecule has 0 saturated carbocycles. The van der Waals surface area contributed by atoms with Crippen LogP contribution in [0.25, 0.3) is 11.1 Å². The van der Waals surface area contributed by atoms with Crippen molar-refractivity contribution >= 4 is 22.9 Å². The van der Waals surface area contributed by atoms with Crippen LogP contribution in [0.3, 0.4) is 0 Å². The van der Waals surface area contributed by atoms with Crippen LogP contribution < -0.4 is 5.32 Å². The van der Waals surface area contributed by atoms with Crippen molar-refractivity contribution in [1.82, 2.24) is 10.3 Å². The van der Waals surface area contributed by atoms with Gasteiger partial charge in [-0.15, -0.1) is 0 Å². The Morgan fingerprint density at radius 1 is 1.12 bits per heavy atom. The van der Waals surface area contributed by atoms with Crippen molar-refractivity contribution in [1.29, 1.82) is 0 Å². The fraction of sp³-hybridized carbons (Fsp3) is 0.350. The van der Waals surface area contributed by atoms with Gasteiger partial charge in [0, 0.05) is 6.42 Å². The fourth-order valence-electron chi connectivity index (χ4n) is 3.77. The number of aryl methyl sites for hydroxylation is 1. The van der Waals surface area contributed by atoms with Gasteiger partial charge in [-0.1, -0.05) is 49.3 Å². The summed E-state index contributed by atoms with van der Waals surface area (Å²) in [6.07, 6.45) is 11.7. The number of rotatable bonds is 6. The van der Waals surface area contributed by atoms with Gasteiger partial charge in [-0.25, -0.2) is 4.98 Å². The third-order valence-electron chi connectivity index (χ3n) is 5.12. The molecule has 5 heteroatoms. The Labute approximate surface area is 145 Å². The van der Waals surface area contributed by atoms with E-state index in [1.54, 1.807) is 0 Å². The van der Waals surface area contributed by atoms with Crippen LogP contribution in [0.15, 0.2) is 53.0 Å². The molecule has 0 spiro atoms. The molecule has 25 heavy (non-hydrogen) atoms. The second-order valence-corrected chi connectivity index (χ2v) is 6.72. The number of benzene rings is 1. The Morgan fingerprint density at radius 3 is 2.88 bits per heavy atom. The number of unbranched alkanes of at least 4 members (excludes halogenated alkanes) is 2. The van der Waals surface area contributed by atoms with Crippen LogP contribution in [0.1, 0.15) is 31.6 Å². The number of nitrogens with zero attached hydrogens (tertiary/aromatic N) is 1. The second-order valence-electron chi connectivity index (χ2n) is 6.72. The number of imide groups is 1. The molecule has 0 bridgehead atoms. The molecule has 128 valence electrons. The van der Waals surface area contributed by atoms with E-state index < -0.39 is 5.41 Å². The number of hydrogen-bond acceptors (Lipinski definition) is 4. The maximum atomic E-state index is 12.3. The number of amides is 2. The molecular weight excluding hydrogens is 316 g/mol. The SMILES string of the molecule is O=C1NC(=O)C2(CCCCCc3nc4ccccc4o3)C=CC=CC12. The first-order valence-corrected chi connectivity index (χ1v) is 8.75. The smallest absolute Gasteiger partial charge is 0.237 e. The van der Waals surface area contributed by atoms with E-state index in [2.05, 4.69) is 10.3 Å². The zero-order chi connectivity index (χ0) is 17.3. The largest absolute Gasteiger partial charge is 0.441 e. The van der Waals surface area contributed by atoms with Crippen molar-refractivity contribution < 1.29 is 14.0 Å². The first kappa shape index (κ1) is 15.8. The second kappa shape index (κ2) is 6.31. The standard InChI is InChI=1S/C20H20N2O3/c23-18-14-8-5-7-13-20(14,19(24)22-18)12-6-1-2-11-17-21-15-9-3-4-10-16(15)25-17/h3-5,7-10,13-14H,1-2,6,11-12H2,(H,22,23,24). The summed E-state index contributed by atoms with van der Waals surface area (Å²) >= 11 is 0. The molecule has 0 radical (unpaired) electrons. The lowest BCUT2D eigenvalue weighted by molar-refractivity contribution is -0.127. The van der Waals surface area contributed by atoms with Gasteiger partial charge in [0.25, 0.3) is 0 Å². The lowest BCUT2D eigenvalue weighted by Crippen LogP contribution is -2.33. The minimum atomic E-state index is -0.691. The van der Waals surface area contributed by atoms with Gasteiger partial charge in [0.1, 0.15) is 5.52 Å². The van der Waals surface area contributed by atoms with Gasteiger partial charge in [-0.3, -0.25) is 14.9 Å². The van der Waals surface area contributed by atoms with E-state index in [0.29, 0.717) is 6.42 Å². The number of hydrogen-bond donors (Lipinski definition) is 1. The number of fused-ring (bicyclic) bond motifs is 2. The molecule has 1 aromatic heterocycles. The van der Waals surface area contributed by atoms with Gasteiger partial charge in [0.2, 0.25) is 11.8 Å². The van der Waals surface area contributed by atoms with Crippen LogP contribution >= 0.6 is 0 Å². The van der Waals surface area contributed by atoms with Gasteiger partial charge < -0.3 is 4.42 Å². The highest BCUT2D eigenvalue weighted by molar-refractivity contribution is 6.09. The fourth-order valence-corrected chi connectivity index (χ4v) is 3.77. The Kier molecular flexibility index (Phi) is 3.99. The lowest BCUT2D eigenvalue weighted by Gasteiger charge is -2.28. The van der Waals surface area contributed by atoms with E-state index in [-0.39, 0.29) is 17.7 Å². The monoisotopic (exact) mass is 336 g/mol. The van der Waals surface area contributed by atoms with E-state index in [0.717, 1.165) is 42.7 Å². The Balaban J connectivity index is 1.32. The van der Waals surface area contributed by atoms with Crippen molar-refractivity contribution in [3.63, 3.8) is 0 Å². The quantitative estimate of drug-likeness (QED) is 0.649. The molecule has 1 fully saturated rings. The number of aromatic nitrogens is 1. The van der Waals surface area contributed by atoms with E-state index in [9.17, 15) is 9.59 Å². The van der Waals surface area contributed by atoms with Crippen molar-refractivity contribution in [3.8, 4) is 0 Å². The summed E-state index contributed by atoms with van der Waals surface area (Å²) in [6.45, 7) is 0. The van der Waals surface area contributed by atoms with Crippen LogP contribution in [0, 0.1) is 11.3 Å². The summed E-state index contributed by atoms with van der Waals surface area (Å²) in [6, 6.07) is 7.75. The molecule has 5 nitrogen and oxygen atoms in total.